The van der Waals surface area contributed by atoms with Gasteiger partial charge in [0.05, 0.1) is 6.20 Å². The highest BCUT2D eigenvalue weighted by Crippen LogP contribution is 2.42. The van der Waals surface area contributed by atoms with Crippen LogP contribution in [0.15, 0.2) is 59.1 Å². The van der Waals surface area contributed by atoms with E-state index in [0.29, 0.717) is 23.3 Å². The first-order valence-electron chi connectivity index (χ1n) is 13.3. The molecule has 1 aliphatic carbocycles. The molecule has 204 valence electrons. The van der Waals surface area contributed by atoms with Gasteiger partial charge in [0.15, 0.2) is 5.76 Å². The van der Waals surface area contributed by atoms with Gasteiger partial charge in [0.1, 0.15) is 11.5 Å². The van der Waals surface area contributed by atoms with Gasteiger partial charge in [-0.25, -0.2) is 4.98 Å². The van der Waals surface area contributed by atoms with Crippen LogP contribution in [0.25, 0.3) is 11.3 Å². The molecule has 1 aliphatic heterocycles. The first kappa shape index (κ1) is 26.3. The second kappa shape index (κ2) is 10.8. The van der Waals surface area contributed by atoms with Gasteiger partial charge in [-0.3, -0.25) is 0 Å². The topological polar surface area (TPSA) is 70.8 Å². The van der Waals surface area contributed by atoms with Gasteiger partial charge in [0.25, 0.3) is 6.01 Å². The van der Waals surface area contributed by atoms with Gasteiger partial charge < -0.3 is 24.5 Å². The molecule has 38 heavy (non-hydrogen) atoms. The first-order chi connectivity index (χ1) is 18.2. The van der Waals surface area contributed by atoms with Gasteiger partial charge in [-0.05, 0) is 92.0 Å². The Balaban J connectivity index is 1.23. The van der Waals surface area contributed by atoms with Gasteiger partial charge in [0.2, 0.25) is 0 Å². The average Bonchev–Trinajstić information content (AvgIpc) is 3.33. The van der Waals surface area contributed by atoms with Crippen molar-refractivity contribution >= 4 is 11.7 Å². The largest absolute Gasteiger partial charge is 0.573 e. The maximum absolute atomic E-state index is 12.4. The minimum atomic E-state index is -4.72. The molecule has 3 atom stereocenters. The lowest BCUT2D eigenvalue weighted by Crippen LogP contribution is -2.45. The predicted molar refractivity (Wildman–Crippen MR) is 140 cm³/mol. The van der Waals surface area contributed by atoms with Gasteiger partial charge in [-0.2, -0.15) is 0 Å². The molecule has 1 aromatic heterocycles. The Morgan fingerprint density at radius 1 is 1.08 bits per heavy atom. The molecule has 3 aromatic rings. The molecule has 2 fully saturated rings. The van der Waals surface area contributed by atoms with E-state index in [1.165, 1.54) is 37.1 Å². The number of benzene rings is 2. The summed E-state index contributed by atoms with van der Waals surface area (Å²) in [7, 11) is 0. The quantitative estimate of drug-likeness (QED) is 0.328. The summed E-state index contributed by atoms with van der Waals surface area (Å²) < 4.78 is 47.2. The number of aromatic nitrogens is 1. The summed E-state index contributed by atoms with van der Waals surface area (Å²) in [4.78, 5) is 6.84. The first-order valence-corrected chi connectivity index (χ1v) is 13.3. The minimum absolute atomic E-state index is 0.181. The number of phenolic OH excluding ortho intramolecular Hbond substituents is 1. The molecule has 2 aliphatic rings. The fourth-order valence-electron chi connectivity index (χ4n) is 6.09. The molecular weight excluding hydrogens is 495 g/mol. The van der Waals surface area contributed by atoms with Crippen molar-refractivity contribution in [1.82, 2.24) is 4.98 Å². The van der Waals surface area contributed by atoms with E-state index in [1.807, 2.05) is 12.1 Å². The summed E-state index contributed by atoms with van der Waals surface area (Å²) in [5.74, 6) is 0.987. The van der Waals surface area contributed by atoms with E-state index in [-0.39, 0.29) is 23.0 Å². The third-order valence-corrected chi connectivity index (χ3v) is 7.85. The van der Waals surface area contributed by atoms with Gasteiger partial charge in [-0.15, -0.1) is 13.2 Å². The molecule has 1 saturated heterocycles. The fourth-order valence-corrected chi connectivity index (χ4v) is 6.09. The normalized spacial score (nSPS) is 24.3. The Labute approximate surface area is 220 Å². The lowest BCUT2D eigenvalue weighted by molar-refractivity contribution is -0.274. The number of halogens is 3. The highest BCUT2D eigenvalue weighted by molar-refractivity contribution is 5.58. The van der Waals surface area contributed by atoms with Crippen LogP contribution in [0.5, 0.6) is 11.5 Å². The zero-order valence-electron chi connectivity index (χ0n) is 21.5. The smallest absolute Gasteiger partial charge is 0.508 e. The molecule has 2 aromatic carbocycles. The van der Waals surface area contributed by atoms with Gasteiger partial charge >= 0.3 is 6.36 Å². The maximum Gasteiger partial charge on any atom is 0.573 e. The highest BCUT2D eigenvalue weighted by Gasteiger charge is 2.37. The van der Waals surface area contributed by atoms with Crippen LogP contribution >= 0.6 is 0 Å². The molecule has 6 nitrogen and oxygen atoms in total. The van der Waals surface area contributed by atoms with E-state index >= 15 is 0 Å². The van der Waals surface area contributed by atoms with E-state index < -0.39 is 6.36 Å². The second-order valence-corrected chi connectivity index (χ2v) is 11.0. The Kier molecular flexibility index (Phi) is 7.45. The monoisotopic (exact) mass is 529 g/mol. The third-order valence-electron chi connectivity index (χ3n) is 7.85. The minimum Gasteiger partial charge on any atom is -0.508 e. The number of nitrogens with one attached hydrogen (secondary N) is 1. The molecule has 2 heterocycles. The molecule has 0 bridgehead atoms. The van der Waals surface area contributed by atoms with Crippen molar-refractivity contribution in [3.8, 4) is 22.8 Å². The Bertz CT molecular complexity index is 1200. The molecule has 0 unspecified atom stereocenters. The van der Waals surface area contributed by atoms with Crippen LogP contribution in [-0.2, 0) is 0 Å². The Morgan fingerprint density at radius 2 is 1.82 bits per heavy atom. The summed E-state index contributed by atoms with van der Waals surface area (Å²) in [6, 6.07) is 13.7. The summed E-state index contributed by atoms with van der Waals surface area (Å²) in [5, 5.41) is 13.2. The fraction of sp³-hybridized carbons (Fsp3) is 0.483. The standard InChI is InChI=1S/C29H34F3N3O3/c1-28(15-4-16-35(19-28)22-9-11-23(36)12-10-22)17-21-5-2-3-6-25(21)34-27-33-18-26(37-27)20-7-13-24(14-8-20)38-29(30,31)32/h7-14,18,21,25,36H,2-6,15-17,19H2,1H3,(H,33,34)/t21-,25+,28+/m0/s1. The van der Waals surface area contributed by atoms with Crippen LogP contribution in [0.1, 0.15) is 51.9 Å². The zero-order chi connectivity index (χ0) is 26.8. The van der Waals surface area contributed by atoms with E-state index in [0.717, 1.165) is 50.9 Å². The van der Waals surface area contributed by atoms with Crippen molar-refractivity contribution in [2.45, 2.75) is 64.3 Å². The van der Waals surface area contributed by atoms with Gasteiger partial charge in [-0.1, -0.05) is 19.8 Å². The summed E-state index contributed by atoms with van der Waals surface area (Å²) in [6.07, 6.45) is 4.86. The zero-order valence-corrected chi connectivity index (χ0v) is 21.5. The molecule has 0 radical (unpaired) electrons. The highest BCUT2D eigenvalue weighted by atomic mass is 19.4. The number of rotatable bonds is 7. The third kappa shape index (κ3) is 6.55. The summed E-state index contributed by atoms with van der Waals surface area (Å²) in [6.45, 7) is 4.40. The van der Waals surface area contributed by atoms with Crippen molar-refractivity contribution in [2.75, 3.05) is 23.3 Å². The van der Waals surface area contributed by atoms with Crippen molar-refractivity contribution in [3.05, 3.63) is 54.7 Å². The van der Waals surface area contributed by atoms with Crippen molar-refractivity contribution in [1.29, 1.82) is 0 Å². The number of ether oxygens (including phenoxy) is 1. The Hall–Kier alpha value is -3.36. The number of phenols is 1. The van der Waals surface area contributed by atoms with E-state index in [4.69, 9.17) is 4.42 Å². The van der Waals surface area contributed by atoms with Crippen LogP contribution in [0.3, 0.4) is 0 Å². The summed E-state index contributed by atoms with van der Waals surface area (Å²) in [5.41, 5.74) is 1.96. The maximum atomic E-state index is 12.4. The predicted octanol–water partition coefficient (Wildman–Crippen LogP) is 7.61. The number of hydrogen-bond acceptors (Lipinski definition) is 6. The van der Waals surface area contributed by atoms with Crippen LogP contribution in [0.2, 0.25) is 0 Å². The second-order valence-electron chi connectivity index (χ2n) is 11.0. The van der Waals surface area contributed by atoms with Crippen molar-refractivity contribution in [2.24, 2.45) is 11.3 Å². The summed E-state index contributed by atoms with van der Waals surface area (Å²) >= 11 is 0. The van der Waals surface area contributed by atoms with E-state index in [1.54, 1.807) is 18.3 Å². The van der Waals surface area contributed by atoms with Crippen LogP contribution < -0.4 is 15.0 Å². The Morgan fingerprint density at radius 3 is 2.55 bits per heavy atom. The average molecular weight is 530 g/mol. The SMILES string of the molecule is C[C@]1(C[C@@H]2CCCC[C@H]2Nc2ncc(-c3ccc(OC(F)(F)F)cc3)o2)CCCN(c2ccc(O)cc2)C1. The molecule has 0 spiro atoms. The number of oxazole rings is 1. The van der Waals surface area contributed by atoms with Crippen LogP contribution in [-0.4, -0.2) is 35.6 Å². The van der Waals surface area contributed by atoms with Gasteiger partial charge in [0, 0.05) is 30.4 Å². The van der Waals surface area contributed by atoms with Crippen molar-refractivity contribution in [3.63, 3.8) is 0 Å². The number of anilines is 2. The number of alkyl halides is 3. The van der Waals surface area contributed by atoms with Crippen LogP contribution in [0, 0.1) is 11.3 Å². The molecule has 9 heteroatoms. The molecule has 2 N–H and O–H groups in total. The van der Waals surface area contributed by atoms with Crippen LogP contribution in [0.4, 0.5) is 24.9 Å². The van der Waals surface area contributed by atoms with E-state index in [9.17, 15) is 18.3 Å². The number of nitrogens with zero attached hydrogens (tertiary/aromatic N) is 2. The lowest BCUT2D eigenvalue weighted by atomic mass is 9.70. The number of piperidine rings is 1. The lowest BCUT2D eigenvalue weighted by Gasteiger charge is -2.45. The molecule has 5 rings (SSSR count). The number of aromatic hydroxyl groups is 1. The van der Waals surface area contributed by atoms with Crippen molar-refractivity contribution < 1.29 is 27.4 Å². The molecular formula is C29H34F3N3O3. The molecule has 0 amide bonds. The van der Waals surface area contributed by atoms with E-state index in [2.05, 4.69) is 26.9 Å². The molecule has 1 saturated carbocycles. The number of hydrogen-bond donors (Lipinski definition) is 2.